The van der Waals surface area contributed by atoms with E-state index in [9.17, 15) is 9.90 Å². The molecular formula is C11H16N4O3. The van der Waals surface area contributed by atoms with Crippen LogP contribution < -0.4 is 0 Å². The van der Waals surface area contributed by atoms with Gasteiger partial charge in [-0.1, -0.05) is 0 Å². The molecular weight excluding hydrogens is 236 g/mol. The van der Waals surface area contributed by atoms with Gasteiger partial charge in [-0.25, -0.2) is 4.79 Å². The van der Waals surface area contributed by atoms with Crippen molar-refractivity contribution in [2.24, 2.45) is 10.2 Å². The molecule has 0 bridgehead atoms. The van der Waals surface area contributed by atoms with Gasteiger partial charge in [-0.15, -0.1) is 10.2 Å². The summed E-state index contributed by atoms with van der Waals surface area (Å²) in [5, 5.41) is 23.7. The van der Waals surface area contributed by atoms with Crippen LogP contribution in [-0.4, -0.2) is 27.9 Å². The summed E-state index contributed by atoms with van der Waals surface area (Å²) in [6, 6.07) is 0. The number of azo groups is 1. The Bertz CT molecular complexity index is 479. The summed E-state index contributed by atoms with van der Waals surface area (Å²) in [5.41, 5.74) is 1.72. The average Bonchev–Trinajstić information content (AvgIpc) is 2.60. The summed E-state index contributed by atoms with van der Waals surface area (Å²) in [6.45, 7) is 6.77. The third-order valence-corrected chi connectivity index (χ3v) is 2.15. The molecule has 0 saturated carbocycles. The molecule has 0 unspecified atom stereocenters. The van der Waals surface area contributed by atoms with Crippen LogP contribution in [0.3, 0.4) is 0 Å². The highest BCUT2D eigenvalue weighted by molar-refractivity contribution is 5.88. The number of H-pyrrole nitrogens is 1. The van der Waals surface area contributed by atoms with Crippen molar-refractivity contribution in [2.75, 3.05) is 6.61 Å². The summed E-state index contributed by atoms with van der Waals surface area (Å²) >= 11 is 0. The maximum atomic E-state index is 11.5. The lowest BCUT2D eigenvalue weighted by molar-refractivity contribution is -0.138. The molecule has 0 aliphatic carbocycles. The van der Waals surface area contributed by atoms with Gasteiger partial charge in [0.05, 0.1) is 18.0 Å². The molecule has 0 aliphatic rings. The Kier molecular flexibility index (Phi) is 4.59. The molecule has 18 heavy (non-hydrogen) atoms. The molecule has 7 heteroatoms. The minimum atomic E-state index is -0.708. The van der Waals surface area contributed by atoms with E-state index in [2.05, 4.69) is 20.4 Å². The van der Waals surface area contributed by atoms with Crippen LogP contribution in [0, 0.1) is 13.8 Å². The highest BCUT2D eigenvalue weighted by atomic mass is 16.5. The van der Waals surface area contributed by atoms with Crippen LogP contribution in [0.5, 0.6) is 0 Å². The van der Waals surface area contributed by atoms with Crippen LogP contribution in [0.1, 0.15) is 25.2 Å². The third kappa shape index (κ3) is 3.16. The molecule has 0 aromatic carbocycles. The maximum absolute atomic E-state index is 11.5. The van der Waals surface area contributed by atoms with Crippen molar-refractivity contribution in [2.45, 2.75) is 27.7 Å². The van der Waals surface area contributed by atoms with Crippen molar-refractivity contribution >= 4 is 11.7 Å². The molecule has 1 aromatic heterocycles. The zero-order chi connectivity index (χ0) is 13.7. The number of carbonyl (C=O) groups is 1. The van der Waals surface area contributed by atoms with Crippen LogP contribution in [0.4, 0.5) is 5.69 Å². The Labute approximate surface area is 105 Å². The van der Waals surface area contributed by atoms with Gasteiger partial charge in [-0.3, -0.25) is 5.10 Å². The summed E-state index contributed by atoms with van der Waals surface area (Å²) in [6.07, 6.45) is 0. The molecule has 0 amide bonds. The van der Waals surface area contributed by atoms with Crippen molar-refractivity contribution in [1.82, 2.24) is 10.2 Å². The largest absolute Gasteiger partial charge is 0.510 e. The van der Waals surface area contributed by atoms with Crippen LogP contribution in [-0.2, 0) is 9.53 Å². The Morgan fingerprint density at radius 2 is 2.17 bits per heavy atom. The number of ether oxygens (including phenoxy) is 1. The van der Waals surface area contributed by atoms with Crippen molar-refractivity contribution in [3.63, 3.8) is 0 Å². The number of allylic oxidation sites excluding steroid dienone is 1. The van der Waals surface area contributed by atoms with Gasteiger partial charge in [-0.2, -0.15) is 5.10 Å². The molecule has 0 radical (unpaired) electrons. The predicted molar refractivity (Wildman–Crippen MR) is 64.5 cm³/mol. The van der Waals surface area contributed by atoms with E-state index in [-0.39, 0.29) is 18.1 Å². The second kappa shape index (κ2) is 5.95. The Morgan fingerprint density at radius 3 is 2.61 bits per heavy atom. The molecule has 0 spiro atoms. The second-order valence-corrected chi connectivity index (χ2v) is 3.64. The number of aliphatic hydroxyl groups is 1. The van der Waals surface area contributed by atoms with E-state index in [1.54, 1.807) is 20.8 Å². The monoisotopic (exact) mass is 252 g/mol. The average molecular weight is 252 g/mol. The van der Waals surface area contributed by atoms with Crippen LogP contribution >= 0.6 is 0 Å². The quantitative estimate of drug-likeness (QED) is 0.372. The molecule has 0 aliphatic heterocycles. The molecule has 0 fully saturated rings. The zero-order valence-corrected chi connectivity index (χ0v) is 10.8. The van der Waals surface area contributed by atoms with Gasteiger partial charge >= 0.3 is 5.97 Å². The summed E-state index contributed by atoms with van der Waals surface area (Å²) in [5.74, 6) is -0.948. The first-order valence-corrected chi connectivity index (χ1v) is 5.47. The molecule has 98 valence electrons. The summed E-state index contributed by atoms with van der Waals surface area (Å²) in [7, 11) is 0. The predicted octanol–water partition coefficient (Wildman–Crippen LogP) is 2.46. The number of nitrogens with zero attached hydrogens (tertiary/aromatic N) is 3. The fraction of sp³-hybridized carbons (Fsp3) is 0.455. The molecule has 7 nitrogen and oxygen atoms in total. The molecule has 0 saturated heterocycles. The maximum Gasteiger partial charge on any atom is 0.362 e. The number of aromatic amines is 1. The lowest BCUT2D eigenvalue weighted by Crippen LogP contribution is -2.07. The van der Waals surface area contributed by atoms with E-state index in [0.717, 1.165) is 5.69 Å². The van der Waals surface area contributed by atoms with E-state index in [4.69, 9.17) is 4.74 Å². The smallest absolute Gasteiger partial charge is 0.362 e. The third-order valence-electron chi connectivity index (χ3n) is 2.15. The SMILES string of the molecule is CCOC(=O)/C(N=Nc1c(C)n[nH]c1C)=C(\C)O. The molecule has 2 N–H and O–H groups in total. The first-order chi connectivity index (χ1) is 8.47. The number of aliphatic hydroxyl groups excluding tert-OH is 1. The Hall–Kier alpha value is -2.18. The van der Waals surface area contributed by atoms with Gasteiger partial charge in [-0.05, 0) is 27.7 Å². The molecule has 1 heterocycles. The van der Waals surface area contributed by atoms with Gasteiger partial charge in [0.25, 0.3) is 0 Å². The molecule has 1 rings (SSSR count). The number of nitrogens with one attached hydrogen (secondary N) is 1. The fourth-order valence-corrected chi connectivity index (χ4v) is 1.25. The van der Waals surface area contributed by atoms with E-state index < -0.39 is 5.97 Å². The van der Waals surface area contributed by atoms with Crippen molar-refractivity contribution < 1.29 is 14.6 Å². The van der Waals surface area contributed by atoms with Crippen molar-refractivity contribution in [3.8, 4) is 0 Å². The topological polar surface area (TPSA) is 99.9 Å². The van der Waals surface area contributed by atoms with Crippen molar-refractivity contribution in [3.05, 3.63) is 22.8 Å². The number of carbonyl (C=O) groups excluding carboxylic acids is 1. The highest BCUT2D eigenvalue weighted by Crippen LogP contribution is 2.22. The molecule has 0 atom stereocenters. The minimum absolute atomic E-state index is 0.203. The Balaban J connectivity index is 3.00. The minimum Gasteiger partial charge on any atom is -0.510 e. The number of hydrogen-bond donors (Lipinski definition) is 2. The van der Waals surface area contributed by atoms with Gasteiger partial charge in [0.1, 0.15) is 11.4 Å². The first kappa shape index (κ1) is 13.9. The van der Waals surface area contributed by atoms with Crippen molar-refractivity contribution in [1.29, 1.82) is 0 Å². The summed E-state index contributed by atoms with van der Waals surface area (Å²) in [4.78, 5) is 11.5. The zero-order valence-electron chi connectivity index (χ0n) is 10.8. The van der Waals surface area contributed by atoms with Gasteiger partial charge in [0.2, 0.25) is 5.70 Å². The van der Waals surface area contributed by atoms with Gasteiger partial charge in [0, 0.05) is 0 Å². The van der Waals surface area contributed by atoms with E-state index in [1.807, 2.05) is 0 Å². The van der Waals surface area contributed by atoms with E-state index in [0.29, 0.717) is 11.4 Å². The summed E-state index contributed by atoms with van der Waals surface area (Å²) < 4.78 is 4.76. The fourth-order valence-electron chi connectivity index (χ4n) is 1.25. The van der Waals surface area contributed by atoms with Gasteiger partial charge < -0.3 is 9.84 Å². The standard InChI is InChI=1S/C11H16N4O3/c1-5-18-11(17)10(8(4)16)15-14-9-6(2)12-13-7(9)3/h16H,5H2,1-4H3,(H,12,13)/b10-8-,15-14?. The van der Waals surface area contributed by atoms with E-state index in [1.165, 1.54) is 6.92 Å². The molecule has 1 aromatic rings. The lowest BCUT2D eigenvalue weighted by atomic mass is 10.3. The normalized spacial score (nSPS) is 12.7. The number of aryl methyl sites for hydroxylation is 2. The van der Waals surface area contributed by atoms with Gasteiger partial charge in [0.15, 0.2) is 0 Å². The first-order valence-electron chi connectivity index (χ1n) is 5.47. The number of rotatable bonds is 4. The highest BCUT2D eigenvalue weighted by Gasteiger charge is 2.14. The van der Waals surface area contributed by atoms with Crippen LogP contribution in [0.15, 0.2) is 21.7 Å². The second-order valence-electron chi connectivity index (χ2n) is 3.64. The number of esters is 1. The Morgan fingerprint density at radius 1 is 1.50 bits per heavy atom. The van der Waals surface area contributed by atoms with Crippen LogP contribution in [0.25, 0.3) is 0 Å². The van der Waals surface area contributed by atoms with Crippen LogP contribution in [0.2, 0.25) is 0 Å². The number of hydrogen-bond acceptors (Lipinski definition) is 6. The lowest BCUT2D eigenvalue weighted by Gasteiger charge is -2.01. The number of aromatic nitrogens is 2. The van der Waals surface area contributed by atoms with E-state index >= 15 is 0 Å².